The van der Waals surface area contributed by atoms with Gasteiger partial charge < -0.3 is 0 Å². The first-order valence-electron chi connectivity index (χ1n) is 5.46. The van der Waals surface area contributed by atoms with Gasteiger partial charge in [-0.25, -0.2) is 9.68 Å². The van der Waals surface area contributed by atoms with Crippen molar-refractivity contribution in [2.75, 3.05) is 6.79 Å². The van der Waals surface area contributed by atoms with Crippen molar-refractivity contribution in [3.05, 3.63) is 60.2 Å². The Morgan fingerprint density at radius 1 is 0.765 bits per heavy atom. The van der Waals surface area contributed by atoms with Crippen LogP contribution in [-0.2, 0) is 0 Å². The zero-order valence-electron chi connectivity index (χ0n) is 10.0. The molecule has 0 bridgehead atoms. The first kappa shape index (κ1) is 11.4. The molecular weight excluding hydrogens is 216 g/mol. The van der Waals surface area contributed by atoms with Gasteiger partial charge in [0.25, 0.3) is 0 Å². The van der Waals surface area contributed by atoms with Gasteiger partial charge in [0, 0.05) is 33.7 Å². The summed E-state index contributed by atoms with van der Waals surface area (Å²) in [6, 6.07) is 7.88. The molecule has 0 saturated carbocycles. The van der Waals surface area contributed by atoms with Gasteiger partial charge in [-0.3, -0.25) is 0 Å². The second-order valence-electron chi connectivity index (χ2n) is 3.85. The fraction of sp³-hybridized carbons (Fsp3) is 0.231. The van der Waals surface area contributed by atoms with Crippen LogP contribution in [0.25, 0.3) is 0 Å². The quantitative estimate of drug-likeness (QED) is 0.563. The van der Waals surface area contributed by atoms with E-state index in [4.69, 9.17) is 9.68 Å². The van der Waals surface area contributed by atoms with Crippen LogP contribution in [0.5, 0.6) is 0 Å². The minimum atomic E-state index is 0.154. The number of pyridine rings is 2. The second kappa shape index (κ2) is 5.30. The van der Waals surface area contributed by atoms with Gasteiger partial charge in [-0.05, 0) is 25.0 Å². The second-order valence-corrected chi connectivity index (χ2v) is 3.85. The van der Waals surface area contributed by atoms with Gasteiger partial charge >= 0.3 is 6.79 Å². The van der Waals surface area contributed by atoms with Crippen LogP contribution >= 0.6 is 0 Å². The van der Waals surface area contributed by atoms with E-state index in [1.807, 2.05) is 62.9 Å². The van der Waals surface area contributed by atoms with Gasteiger partial charge in [-0.2, -0.15) is 0 Å². The molecule has 2 aromatic rings. The number of aromatic nitrogens is 2. The number of hydrogen-bond acceptors (Lipinski definition) is 2. The van der Waals surface area contributed by atoms with Crippen LogP contribution in [0, 0.1) is 13.8 Å². The van der Waals surface area contributed by atoms with E-state index >= 15 is 0 Å². The summed E-state index contributed by atoms with van der Waals surface area (Å²) < 4.78 is 3.23. The summed E-state index contributed by atoms with van der Waals surface area (Å²) in [6.07, 6.45) is 7.38. The van der Waals surface area contributed by atoms with Crippen molar-refractivity contribution in [1.82, 2.24) is 0 Å². The van der Waals surface area contributed by atoms with Crippen LogP contribution in [0.1, 0.15) is 11.1 Å². The van der Waals surface area contributed by atoms with Gasteiger partial charge in [0.2, 0.25) is 24.8 Å². The first-order valence-corrected chi connectivity index (χ1v) is 5.46. The summed E-state index contributed by atoms with van der Waals surface area (Å²) in [5, 5.41) is 0. The monoisotopic (exact) mass is 232 g/mol. The highest BCUT2D eigenvalue weighted by Gasteiger charge is 2.04. The molecule has 0 fully saturated rings. The standard InChI is InChI=1S/C13H16N2O2/c1-12-3-7-14(8-4-12)16-11-17-15-9-5-13(2)6-10-15/h3-10H,11H2,1-2H3/q+2. The Bertz CT molecular complexity index is 420. The Morgan fingerprint density at radius 3 is 1.47 bits per heavy atom. The lowest BCUT2D eigenvalue weighted by atomic mass is 10.3. The van der Waals surface area contributed by atoms with Crippen molar-refractivity contribution >= 4 is 0 Å². The molecule has 2 rings (SSSR count). The fourth-order valence-corrected chi connectivity index (χ4v) is 1.29. The summed E-state index contributed by atoms with van der Waals surface area (Å²) in [5.41, 5.74) is 2.39. The van der Waals surface area contributed by atoms with E-state index in [0.717, 1.165) is 0 Å². The van der Waals surface area contributed by atoms with Crippen molar-refractivity contribution in [2.45, 2.75) is 13.8 Å². The molecule has 0 N–H and O–H groups in total. The Hall–Kier alpha value is -2.10. The van der Waals surface area contributed by atoms with Gasteiger partial charge in [0.05, 0.1) is 0 Å². The average molecular weight is 232 g/mol. The smallest absolute Gasteiger partial charge is 0.223 e. The van der Waals surface area contributed by atoms with E-state index in [2.05, 4.69) is 0 Å². The van der Waals surface area contributed by atoms with E-state index < -0.39 is 0 Å². The van der Waals surface area contributed by atoms with Crippen molar-refractivity contribution in [1.29, 1.82) is 0 Å². The van der Waals surface area contributed by atoms with Gasteiger partial charge in [0.15, 0.2) is 0 Å². The highest BCUT2D eigenvalue weighted by atomic mass is 16.8. The molecule has 0 aromatic carbocycles. The summed E-state index contributed by atoms with van der Waals surface area (Å²) >= 11 is 0. The van der Waals surface area contributed by atoms with Crippen LogP contribution in [0.3, 0.4) is 0 Å². The van der Waals surface area contributed by atoms with E-state index in [1.54, 1.807) is 9.46 Å². The molecule has 0 aliphatic carbocycles. The summed E-state index contributed by atoms with van der Waals surface area (Å²) in [6.45, 7) is 4.22. The van der Waals surface area contributed by atoms with Gasteiger partial charge in [-0.15, -0.1) is 0 Å². The lowest BCUT2D eigenvalue weighted by Crippen LogP contribution is -2.51. The SMILES string of the molecule is Cc1cc[n+](OCO[n+]2ccc(C)cc2)cc1. The zero-order valence-corrected chi connectivity index (χ0v) is 10.0. The molecule has 4 nitrogen and oxygen atoms in total. The maximum atomic E-state index is 5.37. The number of rotatable bonds is 4. The first-order chi connectivity index (χ1) is 8.24. The largest absolute Gasteiger partial charge is 0.364 e. The molecule has 2 aromatic heterocycles. The molecule has 0 atom stereocenters. The topological polar surface area (TPSA) is 26.2 Å². The molecule has 0 saturated heterocycles. The minimum absolute atomic E-state index is 0.154. The number of aryl methyl sites for hydroxylation is 2. The van der Waals surface area contributed by atoms with Gasteiger partial charge in [0.1, 0.15) is 0 Å². The van der Waals surface area contributed by atoms with Crippen molar-refractivity contribution in [3.63, 3.8) is 0 Å². The Labute approximate surface area is 101 Å². The predicted molar refractivity (Wildman–Crippen MR) is 60.8 cm³/mol. The number of hydrogen-bond donors (Lipinski definition) is 0. The van der Waals surface area contributed by atoms with Crippen LogP contribution in [0.4, 0.5) is 0 Å². The summed E-state index contributed by atoms with van der Waals surface area (Å²) in [5.74, 6) is 0. The van der Waals surface area contributed by atoms with Crippen LogP contribution in [-0.4, -0.2) is 6.79 Å². The third-order valence-electron chi connectivity index (χ3n) is 2.34. The van der Waals surface area contributed by atoms with Crippen LogP contribution < -0.4 is 19.1 Å². The third-order valence-corrected chi connectivity index (χ3v) is 2.34. The Morgan fingerprint density at radius 2 is 1.12 bits per heavy atom. The third kappa shape index (κ3) is 3.45. The molecule has 17 heavy (non-hydrogen) atoms. The molecule has 88 valence electrons. The van der Waals surface area contributed by atoms with E-state index in [9.17, 15) is 0 Å². The van der Waals surface area contributed by atoms with Gasteiger partial charge in [-0.1, -0.05) is 0 Å². The average Bonchev–Trinajstić information content (AvgIpc) is 2.34. The molecular formula is C13H16N2O2+2. The maximum Gasteiger partial charge on any atom is 0.364 e. The van der Waals surface area contributed by atoms with E-state index in [1.165, 1.54) is 11.1 Å². The van der Waals surface area contributed by atoms with Crippen LogP contribution in [0.15, 0.2) is 49.1 Å². The molecule has 0 unspecified atom stereocenters. The maximum absolute atomic E-state index is 5.37. The van der Waals surface area contributed by atoms with Crippen molar-refractivity contribution in [3.8, 4) is 0 Å². The Balaban J connectivity index is 1.83. The molecule has 0 aliphatic rings. The zero-order chi connectivity index (χ0) is 12.1. The molecule has 2 heterocycles. The number of nitrogens with zero attached hydrogens (tertiary/aromatic N) is 2. The highest BCUT2D eigenvalue weighted by Crippen LogP contribution is 1.89. The summed E-state index contributed by atoms with van der Waals surface area (Å²) in [7, 11) is 0. The highest BCUT2D eigenvalue weighted by molar-refractivity contribution is 5.03. The van der Waals surface area contributed by atoms with E-state index in [-0.39, 0.29) is 6.79 Å². The molecule has 4 heteroatoms. The Kier molecular flexibility index (Phi) is 3.55. The van der Waals surface area contributed by atoms with Crippen LogP contribution in [0.2, 0.25) is 0 Å². The molecule has 0 amide bonds. The molecule has 0 radical (unpaired) electrons. The fourth-order valence-electron chi connectivity index (χ4n) is 1.29. The normalized spacial score (nSPS) is 10.0. The van der Waals surface area contributed by atoms with E-state index in [0.29, 0.717) is 0 Å². The van der Waals surface area contributed by atoms with Crippen molar-refractivity contribution < 1.29 is 19.1 Å². The molecule has 0 aliphatic heterocycles. The molecule has 0 spiro atoms. The predicted octanol–water partition coefficient (Wildman–Crippen LogP) is 0.393. The lowest BCUT2D eigenvalue weighted by Gasteiger charge is -1.97. The lowest BCUT2D eigenvalue weighted by molar-refractivity contribution is -0.950. The van der Waals surface area contributed by atoms with Crippen molar-refractivity contribution in [2.24, 2.45) is 0 Å². The minimum Gasteiger partial charge on any atom is -0.223 e. The summed E-state index contributed by atoms with van der Waals surface area (Å²) in [4.78, 5) is 10.7.